The molecular formula is C11H17N3O2. The standard InChI is InChI=1S/C11H17N3O2/c1-5-6-14-11(16)13(7-8(2)3)10(15)9(4)12-14/h5,8H,1,6-7H2,2-4H3. The Hall–Kier alpha value is -1.65. The normalized spacial score (nSPS) is 10.8. The van der Waals surface area contributed by atoms with Crippen molar-refractivity contribution in [1.82, 2.24) is 14.3 Å². The van der Waals surface area contributed by atoms with Crippen LogP contribution in [0.15, 0.2) is 22.2 Å². The van der Waals surface area contributed by atoms with Crippen LogP contribution in [0.25, 0.3) is 0 Å². The molecule has 0 fully saturated rings. The fourth-order valence-corrected chi connectivity index (χ4v) is 1.46. The van der Waals surface area contributed by atoms with Crippen LogP contribution in [-0.4, -0.2) is 14.3 Å². The Morgan fingerprint density at radius 1 is 1.44 bits per heavy atom. The molecule has 0 radical (unpaired) electrons. The van der Waals surface area contributed by atoms with E-state index in [2.05, 4.69) is 11.7 Å². The average molecular weight is 223 g/mol. The highest BCUT2D eigenvalue weighted by Gasteiger charge is 2.10. The SMILES string of the molecule is C=CCn1nc(C)c(=O)n(CC(C)C)c1=O. The molecule has 0 bridgehead atoms. The lowest BCUT2D eigenvalue weighted by Gasteiger charge is -2.10. The predicted octanol–water partition coefficient (Wildman–Crippen LogP) is 0.555. The van der Waals surface area contributed by atoms with Gasteiger partial charge in [-0.25, -0.2) is 9.48 Å². The minimum absolute atomic E-state index is 0.240. The summed E-state index contributed by atoms with van der Waals surface area (Å²) in [5.74, 6) is 0.240. The van der Waals surface area contributed by atoms with Crippen LogP contribution >= 0.6 is 0 Å². The summed E-state index contributed by atoms with van der Waals surface area (Å²) in [6.45, 7) is 9.81. The van der Waals surface area contributed by atoms with E-state index in [4.69, 9.17) is 0 Å². The van der Waals surface area contributed by atoms with Crippen LogP contribution in [-0.2, 0) is 13.1 Å². The van der Waals surface area contributed by atoms with E-state index in [1.165, 1.54) is 9.25 Å². The Morgan fingerprint density at radius 3 is 2.56 bits per heavy atom. The van der Waals surface area contributed by atoms with E-state index in [9.17, 15) is 9.59 Å². The Kier molecular flexibility index (Phi) is 3.82. The van der Waals surface area contributed by atoms with E-state index in [0.717, 1.165) is 0 Å². The van der Waals surface area contributed by atoms with E-state index in [1.807, 2.05) is 13.8 Å². The van der Waals surface area contributed by atoms with Crippen LogP contribution in [0, 0.1) is 12.8 Å². The highest BCUT2D eigenvalue weighted by Crippen LogP contribution is 1.93. The third-order valence-corrected chi connectivity index (χ3v) is 2.13. The maximum absolute atomic E-state index is 11.9. The van der Waals surface area contributed by atoms with Crippen molar-refractivity contribution in [3.63, 3.8) is 0 Å². The van der Waals surface area contributed by atoms with Gasteiger partial charge in [-0.3, -0.25) is 9.36 Å². The van der Waals surface area contributed by atoms with Crippen LogP contribution in [0.4, 0.5) is 0 Å². The molecule has 5 heteroatoms. The summed E-state index contributed by atoms with van der Waals surface area (Å²) in [6, 6.07) is 0. The molecule has 0 unspecified atom stereocenters. The molecule has 0 N–H and O–H groups in total. The van der Waals surface area contributed by atoms with Gasteiger partial charge in [0, 0.05) is 6.54 Å². The molecule has 0 aliphatic heterocycles. The summed E-state index contributed by atoms with van der Waals surface area (Å²) in [5.41, 5.74) is -0.342. The quantitative estimate of drug-likeness (QED) is 0.701. The molecule has 0 spiro atoms. The summed E-state index contributed by atoms with van der Waals surface area (Å²) in [6.07, 6.45) is 1.58. The molecule has 1 heterocycles. The van der Waals surface area contributed by atoms with Crippen LogP contribution in [0.5, 0.6) is 0 Å². The molecule has 88 valence electrons. The number of hydrogen-bond acceptors (Lipinski definition) is 3. The molecule has 1 aromatic rings. The van der Waals surface area contributed by atoms with Crippen molar-refractivity contribution >= 4 is 0 Å². The Labute approximate surface area is 94.0 Å². The molecule has 0 aliphatic carbocycles. The molecule has 16 heavy (non-hydrogen) atoms. The lowest BCUT2D eigenvalue weighted by atomic mass is 10.2. The fraction of sp³-hybridized carbons (Fsp3) is 0.545. The molecule has 0 atom stereocenters. The maximum atomic E-state index is 11.9. The number of aromatic nitrogens is 3. The molecule has 1 rings (SSSR count). The van der Waals surface area contributed by atoms with E-state index in [1.54, 1.807) is 13.0 Å². The van der Waals surface area contributed by atoms with Crippen LogP contribution < -0.4 is 11.2 Å². The van der Waals surface area contributed by atoms with Crippen molar-refractivity contribution in [2.45, 2.75) is 33.9 Å². The highest BCUT2D eigenvalue weighted by molar-refractivity contribution is 4.92. The minimum Gasteiger partial charge on any atom is -0.267 e. The van der Waals surface area contributed by atoms with Gasteiger partial charge in [0.2, 0.25) is 0 Å². The molecule has 0 amide bonds. The highest BCUT2D eigenvalue weighted by atomic mass is 16.2. The van der Waals surface area contributed by atoms with E-state index in [0.29, 0.717) is 18.8 Å². The Bertz CT molecular complexity index is 497. The number of nitrogens with zero attached hydrogens (tertiary/aromatic N) is 3. The van der Waals surface area contributed by atoms with Gasteiger partial charge < -0.3 is 0 Å². The van der Waals surface area contributed by atoms with Gasteiger partial charge in [0.15, 0.2) is 0 Å². The van der Waals surface area contributed by atoms with Gasteiger partial charge in [-0.1, -0.05) is 19.9 Å². The van der Waals surface area contributed by atoms with Crippen molar-refractivity contribution in [3.05, 3.63) is 39.2 Å². The smallest absolute Gasteiger partial charge is 0.267 e. The lowest BCUT2D eigenvalue weighted by Crippen LogP contribution is -2.43. The van der Waals surface area contributed by atoms with Gasteiger partial charge in [0.1, 0.15) is 5.69 Å². The van der Waals surface area contributed by atoms with Gasteiger partial charge >= 0.3 is 5.69 Å². The second-order valence-corrected chi connectivity index (χ2v) is 4.15. The first-order valence-electron chi connectivity index (χ1n) is 5.26. The summed E-state index contributed by atoms with van der Waals surface area (Å²) in [7, 11) is 0. The predicted molar refractivity (Wildman–Crippen MR) is 62.5 cm³/mol. The zero-order valence-corrected chi connectivity index (χ0v) is 9.93. The zero-order valence-electron chi connectivity index (χ0n) is 9.93. The summed E-state index contributed by atoms with van der Waals surface area (Å²) >= 11 is 0. The van der Waals surface area contributed by atoms with Crippen molar-refractivity contribution < 1.29 is 0 Å². The minimum atomic E-state index is -0.371. The Balaban J connectivity index is 3.39. The summed E-state index contributed by atoms with van der Waals surface area (Å²) < 4.78 is 2.49. The van der Waals surface area contributed by atoms with Gasteiger partial charge in [-0.2, -0.15) is 5.10 Å². The van der Waals surface area contributed by atoms with Gasteiger partial charge in [-0.15, -0.1) is 6.58 Å². The van der Waals surface area contributed by atoms with Crippen molar-refractivity contribution in [3.8, 4) is 0 Å². The molecule has 1 aromatic heterocycles. The molecule has 0 saturated heterocycles. The number of aryl methyl sites for hydroxylation is 1. The van der Waals surface area contributed by atoms with Crippen molar-refractivity contribution in [2.24, 2.45) is 5.92 Å². The molecular weight excluding hydrogens is 206 g/mol. The monoisotopic (exact) mass is 223 g/mol. The first kappa shape index (κ1) is 12.4. The maximum Gasteiger partial charge on any atom is 0.347 e. The van der Waals surface area contributed by atoms with Gasteiger partial charge in [0.25, 0.3) is 5.56 Å². The van der Waals surface area contributed by atoms with E-state index >= 15 is 0 Å². The molecule has 0 aromatic carbocycles. The van der Waals surface area contributed by atoms with Crippen molar-refractivity contribution in [1.29, 1.82) is 0 Å². The first-order chi connectivity index (χ1) is 7.47. The second-order valence-electron chi connectivity index (χ2n) is 4.15. The second kappa shape index (κ2) is 4.92. The van der Waals surface area contributed by atoms with E-state index < -0.39 is 0 Å². The number of rotatable bonds is 4. The van der Waals surface area contributed by atoms with Crippen LogP contribution in [0.3, 0.4) is 0 Å². The number of hydrogen-bond donors (Lipinski definition) is 0. The van der Waals surface area contributed by atoms with Crippen LogP contribution in [0.1, 0.15) is 19.5 Å². The summed E-state index contributed by atoms with van der Waals surface area (Å²) in [4.78, 5) is 23.6. The largest absolute Gasteiger partial charge is 0.347 e. The Morgan fingerprint density at radius 2 is 2.06 bits per heavy atom. The molecule has 5 nitrogen and oxygen atoms in total. The first-order valence-corrected chi connectivity index (χ1v) is 5.26. The third-order valence-electron chi connectivity index (χ3n) is 2.13. The topological polar surface area (TPSA) is 56.9 Å². The number of allylic oxidation sites excluding steroid dienone is 1. The molecule has 0 saturated carbocycles. The summed E-state index contributed by atoms with van der Waals surface area (Å²) in [5, 5.41) is 3.93. The third kappa shape index (κ3) is 2.48. The lowest BCUT2D eigenvalue weighted by molar-refractivity contribution is 0.450. The van der Waals surface area contributed by atoms with E-state index in [-0.39, 0.29) is 17.2 Å². The van der Waals surface area contributed by atoms with Crippen LogP contribution in [0.2, 0.25) is 0 Å². The van der Waals surface area contributed by atoms with Gasteiger partial charge in [-0.05, 0) is 12.8 Å². The molecule has 0 aliphatic rings. The average Bonchev–Trinajstić information content (AvgIpc) is 2.21. The van der Waals surface area contributed by atoms with Crippen molar-refractivity contribution in [2.75, 3.05) is 0 Å². The fourth-order valence-electron chi connectivity index (χ4n) is 1.46. The van der Waals surface area contributed by atoms with Gasteiger partial charge in [0.05, 0.1) is 6.54 Å². The zero-order chi connectivity index (χ0) is 12.3.